The normalized spacial score (nSPS) is 19.0. The molecule has 8 heteroatoms. The summed E-state index contributed by atoms with van der Waals surface area (Å²) in [5.74, 6) is 0.390. The lowest BCUT2D eigenvalue weighted by Crippen LogP contribution is -2.24. The van der Waals surface area contributed by atoms with E-state index in [1.54, 1.807) is 10.9 Å². The predicted molar refractivity (Wildman–Crippen MR) is 76.8 cm³/mol. The van der Waals surface area contributed by atoms with Crippen molar-refractivity contribution in [1.82, 2.24) is 14.8 Å². The standard InChI is InChI=1S/C14H14ClF3N4/c1-21-8-9(6-20-21)12-3-2-4-22(12)13-11(15)5-10(7-19-13)14(16,17)18/h5-8,12H,2-4H2,1H3/t12-/m1/s1. The molecule has 0 radical (unpaired) electrons. The van der Waals surface area contributed by atoms with Crippen molar-refractivity contribution in [2.75, 3.05) is 11.4 Å². The molecule has 0 spiro atoms. The Morgan fingerprint density at radius 2 is 2.09 bits per heavy atom. The van der Waals surface area contributed by atoms with Crippen LogP contribution in [0.3, 0.4) is 0 Å². The van der Waals surface area contributed by atoms with Gasteiger partial charge in [0.1, 0.15) is 5.82 Å². The van der Waals surface area contributed by atoms with Crippen molar-refractivity contribution in [2.45, 2.75) is 25.1 Å². The molecule has 1 fully saturated rings. The predicted octanol–water partition coefficient (Wildman–Crippen LogP) is 3.83. The molecule has 0 aliphatic carbocycles. The zero-order valence-corrected chi connectivity index (χ0v) is 12.6. The van der Waals surface area contributed by atoms with Crippen molar-refractivity contribution in [3.05, 3.63) is 40.8 Å². The first-order chi connectivity index (χ1) is 10.4. The molecule has 1 atom stereocenters. The highest BCUT2D eigenvalue weighted by Crippen LogP contribution is 2.40. The molecule has 118 valence electrons. The summed E-state index contributed by atoms with van der Waals surface area (Å²) in [6.45, 7) is 0.706. The van der Waals surface area contributed by atoms with Gasteiger partial charge in [-0.15, -0.1) is 0 Å². The molecular formula is C14H14ClF3N4. The summed E-state index contributed by atoms with van der Waals surface area (Å²) in [5, 5.41) is 4.17. The van der Waals surface area contributed by atoms with Gasteiger partial charge in [-0.1, -0.05) is 11.6 Å². The Morgan fingerprint density at radius 3 is 2.68 bits per heavy atom. The third-order valence-electron chi connectivity index (χ3n) is 3.78. The van der Waals surface area contributed by atoms with Gasteiger partial charge in [-0.05, 0) is 18.9 Å². The van der Waals surface area contributed by atoms with Gasteiger partial charge in [-0.25, -0.2) is 4.98 Å². The van der Waals surface area contributed by atoms with E-state index in [0.29, 0.717) is 12.4 Å². The Kier molecular flexibility index (Phi) is 3.76. The third kappa shape index (κ3) is 2.77. The van der Waals surface area contributed by atoms with Gasteiger partial charge in [0.05, 0.1) is 22.8 Å². The van der Waals surface area contributed by atoms with E-state index in [9.17, 15) is 13.2 Å². The van der Waals surface area contributed by atoms with Gasteiger partial charge in [-0.3, -0.25) is 4.68 Å². The SMILES string of the molecule is Cn1cc([C@H]2CCCN2c2ncc(C(F)(F)F)cc2Cl)cn1. The Hall–Kier alpha value is -1.76. The molecule has 3 rings (SSSR count). The van der Waals surface area contributed by atoms with E-state index in [1.807, 2.05) is 18.1 Å². The largest absolute Gasteiger partial charge is 0.417 e. The van der Waals surface area contributed by atoms with Crippen molar-refractivity contribution >= 4 is 17.4 Å². The number of hydrogen-bond donors (Lipinski definition) is 0. The third-order valence-corrected chi connectivity index (χ3v) is 4.06. The van der Waals surface area contributed by atoms with E-state index >= 15 is 0 Å². The first-order valence-electron chi connectivity index (χ1n) is 6.84. The highest BCUT2D eigenvalue weighted by Gasteiger charge is 2.34. The summed E-state index contributed by atoms with van der Waals surface area (Å²) in [5.41, 5.74) is 0.177. The number of alkyl halides is 3. The van der Waals surface area contributed by atoms with Crippen LogP contribution in [0.25, 0.3) is 0 Å². The first kappa shape index (κ1) is 15.1. The van der Waals surface area contributed by atoms with Gasteiger partial charge in [-0.2, -0.15) is 18.3 Å². The monoisotopic (exact) mass is 330 g/mol. The Balaban J connectivity index is 1.93. The van der Waals surface area contributed by atoms with Crippen LogP contribution in [0.4, 0.5) is 19.0 Å². The zero-order valence-electron chi connectivity index (χ0n) is 11.8. The Bertz CT molecular complexity index is 683. The van der Waals surface area contributed by atoms with E-state index in [4.69, 9.17) is 11.6 Å². The molecule has 0 amide bonds. The maximum Gasteiger partial charge on any atom is 0.417 e. The van der Waals surface area contributed by atoms with Crippen LogP contribution in [0.1, 0.15) is 30.0 Å². The summed E-state index contributed by atoms with van der Waals surface area (Å²) in [6.07, 6.45) is 1.88. The molecule has 0 unspecified atom stereocenters. The van der Waals surface area contributed by atoms with Crippen LogP contribution in [0.15, 0.2) is 24.7 Å². The maximum atomic E-state index is 12.7. The van der Waals surface area contributed by atoms with Crippen molar-refractivity contribution < 1.29 is 13.2 Å². The van der Waals surface area contributed by atoms with Crippen molar-refractivity contribution in [3.8, 4) is 0 Å². The molecular weight excluding hydrogens is 317 g/mol. The minimum Gasteiger partial charge on any atom is -0.348 e. The summed E-state index contributed by atoms with van der Waals surface area (Å²) < 4.78 is 39.8. The molecule has 2 aromatic heterocycles. The molecule has 1 aliphatic rings. The zero-order chi connectivity index (χ0) is 15.9. The fourth-order valence-electron chi connectivity index (χ4n) is 2.78. The van der Waals surface area contributed by atoms with Crippen LogP contribution in [-0.4, -0.2) is 21.3 Å². The van der Waals surface area contributed by atoms with Crippen LogP contribution >= 0.6 is 11.6 Å². The lowest BCUT2D eigenvalue weighted by atomic mass is 10.1. The van der Waals surface area contributed by atoms with E-state index < -0.39 is 11.7 Å². The molecule has 4 nitrogen and oxygen atoms in total. The van der Waals surface area contributed by atoms with Gasteiger partial charge in [0.15, 0.2) is 0 Å². The summed E-state index contributed by atoms with van der Waals surface area (Å²) in [4.78, 5) is 5.90. The van der Waals surface area contributed by atoms with Crippen LogP contribution in [0, 0.1) is 0 Å². The molecule has 0 saturated carbocycles. The summed E-state index contributed by atoms with van der Waals surface area (Å²) in [6, 6.07) is 0.970. The van der Waals surface area contributed by atoms with Crippen LogP contribution in [0.2, 0.25) is 5.02 Å². The summed E-state index contributed by atoms with van der Waals surface area (Å²) >= 11 is 6.05. The van der Waals surface area contributed by atoms with Crippen LogP contribution in [-0.2, 0) is 13.2 Å². The van der Waals surface area contributed by atoms with Crippen molar-refractivity contribution in [1.29, 1.82) is 0 Å². The van der Waals surface area contributed by atoms with E-state index in [2.05, 4.69) is 10.1 Å². The highest BCUT2D eigenvalue weighted by atomic mass is 35.5. The average Bonchev–Trinajstić information content (AvgIpc) is 3.06. The van der Waals surface area contributed by atoms with E-state index in [-0.39, 0.29) is 11.1 Å². The molecule has 1 saturated heterocycles. The first-order valence-corrected chi connectivity index (χ1v) is 7.22. The van der Waals surface area contributed by atoms with Crippen LogP contribution < -0.4 is 4.90 Å². The Labute approximate surface area is 130 Å². The van der Waals surface area contributed by atoms with Gasteiger partial charge in [0.2, 0.25) is 0 Å². The minimum absolute atomic E-state index is 0.0191. The molecule has 2 aromatic rings. The van der Waals surface area contributed by atoms with E-state index in [1.165, 1.54) is 0 Å². The van der Waals surface area contributed by atoms with Gasteiger partial charge >= 0.3 is 6.18 Å². The lowest BCUT2D eigenvalue weighted by molar-refractivity contribution is -0.137. The molecule has 0 aromatic carbocycles. The fraction of sp³-hybridized carbons (Fsp3) is 0.429. The number of nitrogens with zero attached hydrogens (tertiary/aromatic N) is 4. The average molecular weight is 331 g/mol. The fourth-order valence-corrected chi connectivity index (χ4v) is 3.05. The molecule has 1 aliphatic heterocycles. The number of rotatable bonds is 2. The van der Waals surface area contributed by atoms with Gasteiger partial charge < -0.3 is 4.90 Å². The van der Waals surface area contributed by atoms with Crippen molar-refractivity contribution in [3.63, 3.8) is 0 Å². The summed E-state index contributed by atoms with van der Waals surface area (Å²) in [7, 11) is 1.83. The van der Waals surface area contributed by atoms with Crippen LogP contribution in [0.5, 0.6) is 0 Å². The molecule has 22 heavy (non-hydrogen) atoms. The number of pyridine rings is 1. The number of aryl methyl sites for hydroxylation is 1. The second-order valence-corrected chi connectivity index (χ2v) is 5.73. The number of anilines is 1. The van der Waals surface area contributed by atoms with Gasteiger partial charge in [0, 0.05) is 31.5 Å². The number of hydrogen-bond acceptors (Lipinski definition) is 3. The Morgan fingerprint density at radius 1 is 1.32 bits per heavy atom. The lowest BCUT2D eigenvalue weighted by Gasteiger charge is -2.26. The quantitative estimate of drug-likeness (QED) is 0.839. The molecule has 3 heterocycles. The number of halogens is 4. The molecule has 0 N–H and O–H groups in total. The number of aromatic nitrogens is 3. The van der Waals surface area contributed by atoms with E-state index in [0.717, 1.165) is 30.7 Å². The second kappa shape index (κ2) is 5.46. The maximum absolute atomic E-state index is 12.7. The minimum atomic E-state index is -4.44. The smallest absolute Gasteiger partial charge is 0.348 e. The second-order valence-electron chi connectivity index (χ2n) is 5.33. The molecule has 0 bridgehead atoms. The van der Waals surface area contributed by atoms with Gasteiger partial charge in [0.25, 0.3) is 0 Å². The van der Waals surface area contributed by atoms with Crippen molar-refractivity contribution in [2.24, 2.45) is 7.05 Å². The topological polar surface area (TPSA) is 34.0 Å². The highest BCUT2D eigenvalue weighted by molar-refractivity contribution is 6.33.